The third-order valence-corrected chi connectivity index (χ3v) is 6.16. The van der Waals surface area contributed by atoms with Gasteiger partial charge in [-0.3, -0.25) is 25.1 Å². The average molecular weight is 506 g/mol. The Bertz CT molecular complexity index is 1220. The molecule has 0 aliphatic carbocycles. The summed E-state index contributed by atoms with van der Waals surface area (Å²) in [5.74, 6) is -3.73. The van der Waals surface area contributed by atoms with Gasteiger partial charge in [0.1, 0.15) is 12.4 Å². The Morgan fingerprint density at radius 2 is 1.60 bits per heavy atom. The van der Waals surface area contributed by atoms with Gasteiger partial charge in [-0.25, -0.2) is 13.2 Å². The normalized spacial score (nSPS) is 12.7. The molecule has 7 N–H and O–H groups in total. The second-order valence-corrected chi connectivity index (χ2v) is 8.80. The van der Waals surface area contributed by atoms with E-state index in [2.05, 4.69) is 5.32 Å². The molecule has 2 rings (SSSR count). The number of benzene rings is 2. The van der Waals surface area contributed by atoms with Crippen LogP contribution in [0.2, 0.25) is 0 Å². The lowest BCUT2D eigenvalue weighted by Crippen LogP contribution is -2.65. The highest BCUT2D eigenvalue weighted by atomic mass is 32.2. The van der Waals surface area contributed by atoms with Gasteiger partial charge in [-0.1, -0.05) is 30.3 Å². The zero-order valence-electron chi connectivity index (χ0n) is 18.1. The molecule has 0 aromatic heterocycles. The molecule has 14 nitrogen and oxygen atoms in total. The van der Waals surface area contributed by atoms with Crippen molar-refractivity contribution in [3.05, 3.63) is 75.8 Å². The molecule has 15 heteroatoms. The van der Waals surface area contributed by atoms with Crippen LogP contribution in [0.3, 0.4) is 0 Å². The fourth-order valence-corrected chi connectivity index (χ4v) is 4.04. The molecule has 0 fully saturated rings. The van der Waals surface area contributed by atoms with Gasteiger partial charge in [0.05, 0.1) is 9.82 Å². The third-order valence-electron chi connectivity index (χ3n) is 4.66. The van der Waals surface area contributed by atoms with Crippen LogP contribution in [0, 0.1) is 15.5 Å². The second kappa shape index (κ2) is 11.2. The van der Waals surface area contributed by atoms with Crippen LogP contribution in [-0.2, 0) is 19.6 Å². The first-order valence-electron chi connectivity index (χ1n) is 9.85. The van der Waals surface area contributed by atoms with Crippen molar-refractivity contribution in [1.29, 1.82) is 5.41 Å². The number of nitrogens with zero attached hydrogens (tertiary/aromatic N) is 1. The van der Waals surface area contributed by atoms with Crippen LogP contribution in [-0.4, -0.2) is 60.8 Å². The van der Waals surface area contributed by atoms with Crippen molar-refractivity contribution >= 4 is 33.6 Å². The van der Waals surface area contributed by atoms with E-state index in [1.807, 2.05) is 5.32 Å². The number of nitrogens with two attached hydrogens (primary N) is 1. The largest absolute Gasteiger partial charge is 0.475 e. The van der Waals surface area contributed by atoms with Crippen LogP contribution in [0.1, 0.15) is 22.3 Å². The standard InChI is InChI=1S/C20H22N6O8S/c21-17(22)13-6-8-14(9-7-13)18(28)23-11-10-16(27)24-12-20(19(29)30,26(31)32)25-35(33,34)15-4-2-1-3-5-15/h1-9,25H,10-12H2,(H3,21,22)(H,23,28)(H,24,27)(H,29,30)/t20-/m1/s1. The summed E-state index contributed by atoms with van der Waals surface area (Å²) in [5.41, 5.74) is 2.70. The zero-order valence-corrected chi connectivity index (χ0v) is 18.9. The Balaban J connectivity index is 2.00. The molecule has 0 aliphatic rings. The molecule has 2 aromatic rings. The van der Waals surface area contributed by atoms with Gasteiger partial charge in [0.25, 0.3) is 5.91 Å². The number of amidine groups is 1. The number of hydrogen-bond donors (Lipinski definition) is 6. The van der Waals surface area contributed by atoms with E-state index in [0.717, 1.165) is 12.1 Å². The van der Waals surface area contributed by atoms with Gasteiger partial charge in [-0.2, -0.15) is 0 Å². The molecule has 2 aromatic carbocycles. The van der Waals surface area contributed by atoms with Gasteiger partial charge in [0.15, 0.2) is 0 Å². The number of nitro groups is 1. The van der Waals surface area contributed by atoms with Crippen LogP contribution in [0.25, 0.3) is 0 Å². The number of aliphatic carboxylic acids is 1. The van der Waals surface area contributed by atoms with Crippen molar-refractivity contribution in [2.75, 3.05) is 13.1 Å². The van der Waals surface area contributed by atoms with Crippen molar-refractivity contribution in [3.8, 4) is 0 Å². The number of nitrogen functional groups attached to an aromatic ring is 1. The first-order valence-corrected chi connectivity index (χ1v) is 11.3. The molecule has 0 saturated carbocycles. The summed E-state index contributed by atoms with van der Waals surface area (Å²) in [6.45, 7) is -1.39. The van der Waals surface area contributed by atoms with Crippen LogP contribution < -0.4 is 21.1 Å². The number of carbonyl (C=O) groups is 3. The molecule has 1 atom stereocenters. The summed E-state index contributed by atoms with van der Waals surface area (Å²) in [5, 5.41) is 32.8. The second-order valence-electron chi connectivity index (χ2n) is 7.11. The van der Waals surface area contributed by atoms with Crippen LogP contribution in [0.5, 0.6) is 0 Å². The van der Waals surface area contributed by atoms with Crippen molar-refractivity contribution < 1.29 is 32.8 Å². The quantitative estimate of drug-likeness (QED) is 0.0696. The predicted molar refractivity (Wildman–Crippen MR) is 122 cm³/mol. The van der Waals surface area contributed by atoms with E-state index in [1.54, 1.807) is 4.72 Å². The van der Waals surface area contributed by atoms with Crippen molar-refractivity contribution in [1.82, 2.24) is 15.4 Å². The SMILES string of the molecule is N=C(N)c1ccc(C(=O)NCCC(=O)NC[C@](NS(=O)(=O)c2ccccc2)(C(=O)O)[N+](=O)[O-])cc1. The zero-order chi connectivity index (χ0) is 26.2. The molecule has 0 radical (unpaired) electrons. The number of carbonyl (C=O) groups excluding carboxylic acids is 2. The number of hydrogen-bond acceptors (Lipinski definition) is 8. The van der Waals surface area contributed by atoms with Crippen LogP contribution in [0.4, 0.5) is 0 Å². The van der Waals surface area contributed by atoms with Gasteiger partial charge in [-0.15, -0.1) is 4.72 Å². The molecule has 0 bridgehead atoms. The predicted octanol–water partition coefficient (Wildman–Crippen LogP) is -0.757. The highest BCUT2D eigenvalue weighted by Crippen LogP contribution is 2.14. The molecule has 186 valence electrons. The molecule has 0 heterocycles. The molecule has 2 amide bonds. The van der Waals surface area contributed by atoms with E-state index in [-0.39, 0.29) is 24.4 Å². The van der Waals surface area contributed by atoms with E-state index >= 15 is 0 Å². The minimum Gasteiger partial charge on any atom is -0.475 e. The van der Waals surface area contributed by atoms with Gasteiger partial charge in [0, 0.05) is 24.1 Å². The van der Waals surface area contributed by atoms with Gasteiger partial charge < -0.3 is 21.5 Å². The van der Waals surface area contributed by atoms with E-state index in [9.17, 15) is 38.0 Å². The molecule has 0 saturated heterocycles. The summed E-state index contributed by atoms with van der Waals surface area (Å²) in [6.07, 6.45) is -0.379. The van der Waals surface area contributed by atoms with Crippen molar-refractivity contribution in [2.45, 2.75) is 17.0 Å². The number of carboxylic acids is 1. The maximum atomic E-state index is 12.5. The summed E-state index contributed by atoms with van der Waals surface area (Å²) in [7, 11) is -4.63. The Labute approximate surface area is 199 Å². The lowest BCUT2D eigenvalue weighted by molar-refractivity contribution is -0.556. The number of sulfonamides is 1. The Hall–Kier alpha value is -4.37. The lowest BCUT2D eigenvalue weighted by Gasteiger charge is -2.22. The highest BCUT2D eigenvalue weighted by Gasteiger charge is 2.55. The van der Waals surface area contributed by atoms with E-state index in [4.69, 9.17) is 11.1 Å². The fourth-order valence-electron chi connectivity index (χ4n) is 2.72. The summed E-state index contributed by atoms with van der Waals surface area (Å²) in [6, 6.07) is 12.2. The third kappa shape index (κ3) is 6.81. The topological polar surface area (TPSA) is 235 Å². The molecular weight excluding hydrogens is 484 g/mol. The van der Waals surface area contributed by atoms with Crippen LogP contribution >= 0.6 is 0 Å². The lowest BCUT2D eigenvalue weighted by atomic mass is 10.1. The van der Waals surface area contributed by atoms with Crippen molar-refractivity contribution in [3.63, 3.8) is 0 Å². The van der Waals surface area contributed by atoms with Crippen molar-refractivity contribution in [2.24, 2.45) is 5.73 Å². The number of nitrogens with one attached hydrogen (secondary N) is 4. The molecule has 35 heavy (non-hydrogen) atoms. The summed E-state index contributed by atoms with van der Waals surface area (Å²) < 4.78 is 26.5. The highest BCUT2D eigenvalue weighted by molar-refractivity contribution is 7.89. The van der Waals surface area contributed by atoms with Gasteiger partial charge in [-0.05, 0) is 24.3 Å². The molecule has 0 spiro atoms. The van der Waals surface area contributed by atoms with Crippen LogP contribution in [0.15, 0.2) is 59.5 Å². The van der Waals surface area contributed by atoms with E-state index < -0.39 is 49.8 Å². The molecule has 0 unspecified atom stereocenters. The monoisotopic (exact) mass is 506 g/mol. The summed E-state index contributed by atoms with van der Waals surface area (Å²) in [4.78, 5) is 45.8. The Morgan fingerprint density at radius 3 is 2.11 bits per heavy atom. The number of rotatable bonds is 12. The minimum absolute atomic E-state index is 0.174. The fraction of sp³-hybridized carbons (Fsp3) is 0.200. The maximum absolute atomic E-state index is 12.5. The first-order chi connectivity index (χ1) is 16.4. The molecule has 0 aliphatic heterocycles. The molecular formula is C20H22N6O8S. The Kier molecular flexibility index (Phi) is 8.58. The summed E-state index contributed by atoms with van der Waals surface area (Å²) >= 11 is 0. The van der Waals surface area contributed by atoms with E-state index in [1.165, 1.54) is 42.5 Å². The Morgan fingerprint density at radius 1 is 1.03 bits per heavy atom. The van der Waals surface area contributed by atoms with Gasteiger partial charge >= 0.3 is 11.6 Å². The van der Waals surface area contributed by atoms with Gasteiger partial charge in [0.2, 0.25) is 15.9 Å². The average Bonchev–Trinajstić information content (AvgIpc) is 2.81. The maximum Gasteiger partial charge on any atom is 0.402 e. The first kappa shape index (κ1) is 26.9. The van der Waals surface area contributed by atoms with E-state index in [0.29, 0.717) is 5.56 Å². The minimum atomic E-state index is -4.63. The number of carboxylic acid groups (broad SMARTS) is 1. The smallest absolute Gasteiger partial charge is 0.402 e. The number of amides is 2.